The van der Waals surface area contributed by atoms with Gasteiger partial charge in [0.15, 0.2) is 0 Å². The molecule has 1 fully saturated rings. The van der Waals surface area contributed by atoms with Crippen LogP contribution in [0.2, 0.25) is 0 Å². The predicted octanol–water partition coefficient (Wildman–Crippen LogP) is 2.49. The number of hydrogen-bond acceptors (Lipinski definition) is 1. The van der Waals surface area contributed by atoms with E-state index in [4.69, 9.17) is 5.11 Å². The van der Waals surface area contributed by atoms with Gasteiger partial charge in [0.25, 0.3) is 0 Å². The van der Waals surface area contributed by atoms with Crippen LogP contribution >= 0.6 is 0 Å². The number of carboxylic acid groups (broad SMARTS) is 1. The van der Waals surface area contributed by atoms with Gasteiger partial charge in [-0.2, -0.15) is 0 Å². The van der Waals surface area contributed by atoms with Crippen molar-refractivity contribution in [3.8, 4) is 0 Å². The molecule has 1 aliphatic carbocycles. The summed E-state index contributed by atoms with van der Waals surface area (Å²) < 4.78 is 0. The largest absolute Gasteiger partial charge is 0.481 e. The average molecular weight is 190 g/mol. The molecule has 2 heteroatoms. The highest BCUT2D eigenvalue weighted by molar-refractivity contribution is 5.75. The predicted molar refractivity (Wildman–Crippen MR) is 54.4 cm³/mol. The zero-order chi connectivity index (χ0) is 10.3. The van der Waals surface area contributed by atoms with Gasteiger partial charge in [0.1, 0.15) is 0 Å². The smallest absolute Gasteiger partial charge is 0.307 e. The third kappa shape index (κ3) is 1.52. The fraction of sp³-hybridized carbons (Fsp3) is 0.417. The maximum absolute atomic E-state index is 10.7. The lowest BCUT2D eigenvalue weighted by molar-refractivity contribution is -0.138. The van der Waals surface area contributed by atoms with Gasteiger partial charge in [-0.15, -0.1) is 0 Å². The monoisotopic (exact) mass is 190 g/mol. The fourth-order valence-corrected chi connectivity index (χ4v) is 1.97. The van der Waals surface area contributed by atoms with Crippen LogP contribution < -0.4 is 0 Å². The molecule has 0 aromatic heterocycles. The standard InChI is InChI=1S/C12H14O2/c1-7-3-4-8(2)9(5-7)10-6-11(10)12(13)14/h3-5,10-11H,6H2,1-2H3,(H,13,14)/t10-,11+/m1/s1. The van der Waals surface area contributed by atoms with Crippen LogP contribution in [0.5, 0.6) is 0 Å². The highest BCUT2D eigenvalue weighted by Gasteiger charge is 2.44. The van der Waals surface area contributed by atoms with Gasteiger partial charge < -0.3 is 5.11 Å². The van der Waals surface area contributed by atoms with Gasteiger partial charge in [0, 0.05) is 0 Å². The maximum Gasteiger partial charge on any atom is 0.307 e. The number of benzene rings is 1. The molecule has 0 amide bonds. The summed E-state index contributed by atoms with van der Waals surface area (Å²) >= 11 is 0. The number of carboxylic acids is 1. The molecule has 0 unspecified atom stereocenters. The summed E-state index contributed by atoms with van der Waals surface area (Å²) in [5.41, 5.74) is 3.64. The molecule has 74 valence electrons. The zero-order valence-corrected chi connectivity index (χ0v) is 8.45. The lowest BCUT2D eigenvalue weighted by atomic mass is 10.0. The molecule has 2 rings (SSSR count). The van der Waals surface area contributed by atoms with E-state index in [0.717, 1.165) is 6.42 Å². The normalized spacial score (nSPS) is 24.7. The van der Waals surface area contributed by atoms with Crippen LogP contribution in [0.1, 0.15) is 29.0 Å². The first kappa shape index (κ1) is 9.25. The fourth-order valence-electron chi connectivity index (χ4n) is 1.97. The third-order valence-corrected chi connectivity index (χ3v) is 2.94. The highest BCUT2D eigenvalue weighted by Crippen LogP contribution is 2.48. The Morgan fingerprint density at radius 1 is 1.43 bits per heavy atom. The lowest BCUT2D eigenvalue weighted by Gasteiger charge is -2.05. The van der Waals surface area contributed by atoms with Crippen LogP contribution in [0.15, 0.2) is 18.2 Å². The number of aliphatic carboxylic acids is 1. The molecule has 1 saturated carbocycles. The minimum Gasteiger partial charge on any atom is -0.481 e. The molecule has 0 radical (unpaired) electrons. The topological polar surface area (TPSA) is 37.3 Å². The molecule has 0 aliphatic heterocycles. The van der Waals surface area contributed by atoms with E-state index in [9.17, 15) is 4.79 Å². The van der Waals surface area contributed by atoms with E-state index in [-0.39, 0.29) is 11.8 Å². The first-order valence-electron chi connectivity index (χ1n) is 4.89. The molecule has 0 heterocycles. The van der Waals surface area contributed by atoms with Crippen LogP contribution in [0.4, 0.5) is 0 Å². The molecule has 1 N–H and O–H groups in total. The molecule has 2 nitrogen and oxygen atoms in total. The van der Waals surface area contributed by atoms with Crippen molar-refractivity contribution in [1.29, 1.82) is 0 Å². The number of rotatable bonds is 2. The van der Waals surface area contributed by atoms with Gasteiger partial charge in [-0.3, -0.25) is 4.79 Å². The molecule has 0 saturated heterocycles. The second-order valence-electron chi connectivity index (χ2n) is 4.15. The van der Waals surface area contributed by atoms with E-state index < -0.39 is 5.97 Å². The van der Waals surface area contributed by atoms with Crippen molar-refractivity contribution in [1.82, 2.24) is 0 Å². The third-order valence-electron chi connectivity index (χ3n) is 2.94. The summed E-state index contributed by atoms with van der Waals surface area (Å²) in [4.78, 5) is 10.7. The van der Waals surface area contributed by atoms with E-state index in [1.165, 1.54) is 16.7 Å². The van der Waals surface area contributed by atoms with Gasteiger partial charge in [-0.25, -0.2) is 0 Å². The molecular formula is C12H14O2. The lowest BCUT2D eigenvalue weighted by Crippen LogP contribution is -2.00. The van der Waals surface area contributed by atoms with Crippen molar-refractivity contribution < 1.29 is 9.90 Å². The van der Waals surface area contributed by atoms with Gasteiger partial charge >= 0.3 is 5.97 Å². The average Bonchev–Trinajstić information content (AvgIpc) is 2.88. The first-order valence-corrected chi connectivity index (χ1v) is 4.89. The Bertz CT molecular complexity index is 382. The Morgan fingerprint density at radius 3 is 2.71 bits per heavy atom. The van der Waals surface area contributed by atoms with Gasteiger partial charge in [0.2, 0.25) is 0 Å². The summed E-state index contributed by atoms with van der Waals surface area (Å²) in [6, 6.07) is 6.25. The van der Waals surface area contributed by atoms with Crippen molar-refractivity contribution >= 4 is 5.97 Å². The summed E-state index contributed by atoms with van der Waals surface area (Å²) in [6.07, 6.45) is 0.805. The molecule has 0 spiro atoms. The SMILES string of the molecule is Cc1ccc(C)c([C@H]2C[C@@H]2C(=O)O)c1. The molecular weight excluding hydrogens is 176 g/mol. The molecule has 14 heavy (non-hydrogen) atoms. The summed E-state index contributed by atoms with van der Waals surface area (Å²) in [6.45, 7) is 4.09. The number of carbonyl (C=O) groups is 1. The summed E-state index contributed by atoms with van der Waals surface area (Å²) in [5, 5.41) is 8.85. The van der Waals surface area contributed by atoms with Crippen molar-refractivity contribution in [2.24, 2.45) is 5.92 Å². The van der Waals surface area contributed by atoms with Gasteiger partial charge in [0.05, 0.1) is 5.92 Å². The Labute approximate surface area is 83.6 Å². The van der Waals surface area contributed by atoms with E-state index in [2.05, 4.69) is 18.2 Å². The van der Waals surface area contributed by atoms with E-state index in [0.29, 0.717) is 0 Å². The van der Waals surface area contributed by atoms with Crippen LogP contribution in [0.25, 0.3) is 0 Å². The number of hydrogen-bond donors (Lipinski definition) is 1. The summed E-state index contributed by atoms with van der Waals surface area (Å²) in [5.74, 6) is -0.543. The van der Waals surface area contributed by atoms with E-state index >= 15 is 0 Å². The number of aryl methyl sites for hydroxylation is 2. The van der Waals surface area contributed by atoms with Crippen LogP contribution in [0.3, 0.4) is 0 Å². The Kier molecular flexibility index (Phi) is 2.06. The van der Waals surface area contributed by atoms with Crippen molar-refractivity contribution in [2.75, 3.05) is 0 Å². The Balaban J connectivity index is 2.26. The molecule has 2 atom stereocenters. The minimum absolute atomic E-state index is 0.143. The first-order chi connectivity index (χ1) is 6.59. The molecule has 1 aromatic carbocycles. The molecule has 1 aromatic rings. The Hall–Kier alpha value is -1.31. The molecule has 0 bridgehead atoms. The highest BCUT2D eigenvalue weighted by atomic mass is 16.4. The van der Waals surface area contributed by atoms with Crippen molar-refractivity contribution in [3.63, 3.8) is 0 Å². The van der Waals surface area contributed by atoms with Gasteiger partial charge in [-0.1, -0.05) is 23.8 Å². The van der Waals surface area contributed by atoms with Gasteiger partial charge in [-0.05, 0) is 37.3 Å². The van der Waals surface area contributed by atoms with Crippen molar-refractivity contribution in [3.05, 3.63) is 34.9 Å². The minimum atomic E-state index is -0.657. The molecule has 1 aliphatic rings. The van der Waals surface area contributed by atoms with Crippen LogP contribution in [-0.2, 0) is 4.79 Å². The van der Waals surface area contributed by atoms with E-state index in [1.54, 1.807) is 0 Å². The maximum atomic E-state index is 10.7. The zero-order valence-electron chi connectivity index (χ0n) is 8.45. The van der Waals surface area contributed by atoms with E-state index in [1.807, 2.05) is 13.8 Å². The second kappa shape index (κ2) is 3.12. The summed E-state index contributed by atoms with van der Waals surface area (Å²) in [7, 11) is 0. The quantitative estimate of drug-likeness (QED) is 0.778. The van der Waals surface area contributed by atoms with Crippen molar-refractivity contribution in [2.45, 2.75) is 26.2 Å². The second-order valence-corrected chi connectivity index (χ2v) is 4.15. The van der Waals surface area contributed by atoms with Crippen LogP contribution in [0, 0.1) is 19.8 Å². The Morgan fingerprint density at radius 2 is 2.14 bits per heavy atom. The van der Waals surface area contributed by atoms with Crippen LogP contribution in [-0.4, -0.2) is 11.1 Å².